The molecule has 20 atom stereocenters. The number of phenols is 1. The van der Waals surface area contributed by atoms with Crippen molar-refractivity contribution in [3.05, 3.63) is 225 Å². The number of phenolic OH excluding ortho intramolecular Hbond substituents is 1. The molecule has 12 unspecified atom stereocenters. The summed E-state index contributed by atoms with van der Waals surface area (Å²) in [5.41, 5.74) is 28.0. The van der Waals surface area contributed by atoms with Gasteiger partial charge in [-0.2, -0.15) is 5.90 Å². The van der Waals surface area contributed by atoms with E-state index in [-0.39, 0.29) is 37.1 Å². The maximum atomic E-state index is 10.3. The first-order chi connectivity index (χ1) is 61.5. The summed E-state index contributed by atoms with van der Waals surface area (Å²) in [4.78, 5) is 4.15. The van der Waals surface area contributed by atoms with Crippen molar-refractivity contribution < 1.29 is 28.1 Å². The number of aromatic nitrogens is 9. The predicted octanol–water partition coefficient (Wildman–Crippen LogP) is 27.1. The van der Waals surface area contributed by atoms with Gasteiger partial charge in [0.1, 0.15) is 74.2 Å². The minimum atomic E-state index is 0. The third-order valence-corrected chi connectivity index (χ3v) is 37.1. The van der Waals surface area contributed by atoms with E-state index in [4.69, 9.17) is 25.3 Å². The Morgan fingerprint density at radius 1 is 0.374 bits per heavy atom. The Bertz CT molecular complexity index is 5070. The topological polar surface area (TPSA) is 211 Å². The van der Waals surface area contributed by atoms with Crippen LogP contribution in [0.15, 0.2) is 147 Å². The highest BCUT2D eigenvalue weighted by molar-refractivity contribution is 7.90. The molecule has 18 heteroatoms. The van der Waals surface area contributed by atoms with Crippen LogP contribution in [-0.4, -0.2) is 55.9 Å². The molecule has 12 aliphatic carbocycles. The normalized spacial score (nSPS) is 30.2. The summed E-state index contributed by atoms with van der Waals surface area (Å²) in [6.07, 6.45) is 52.0. The number of nitrogens with two attached hydrogens (primary N) is 2. The Kier molecular flexibility index (Phi) is 34.0. The summed E-state index contributed by atoms with van der Waals surface area (Å²) in [6, 6.07) is 40.0. The average molecular weight is 1810 g/mol. The lowest BCUT2D eigenvalue weighted by molar-refractivity contribution is -0.199. The molecular weight excluding hydrogens is 1640 g/mol. The van der Waals surface area contributed by atoms with Gasteiger partial charge in [0.15, 0.2) is 0 Å². The molecule has 8 saturated carbocycles. The lowest BCUT2D eigenvalue weighted by atomic mass is 9.54. The number of fused-ring (bicyclic) bond motifs is 20. The van der Waals surface area contributed by atoms with E-state index in [2.05, 4.69) is 218 Å². The molecular formula is C113H165N11O6S. The highest BCUT2D eigenvalue weighted by Gasteiger charge is 2.59. The van der Waals surface area contributed by atoms with Gasteiger partial charge in [-0.15, -0.1) is 39.9 Å². The van der Waals surface area contributed by atoms with Crippen LogP contribution in [0.3, 0.4) is 0 Å². The molecule has 0 saturated heterocycles. The van der Waals surface area contributed by atoms with Gasteiger partial charge in [-0.05, 0) is 431 Å². The highest BCUT2D eigenvalue weighted by atomic mass is 32.2. The number of hydrogen-bond acceptors (Lipinski definition) is 15. The highest BCUT2D eigenvalue weighted by Crippen LogP contribution is 2.69. The third kappa shape index (κ3) is 20.4. The fourth-order valence-electron chi connectivity index (χ4n) is 30.0. The van der Waals surface area contributed by atoms with Crippen LogP contribution < -0.4 is 25.3 Å². The van der Waals surface area contributed by atoms with Crippen LogP contribution in [-0.2, 0) is 93.5 Å². The van der Waals surface area contributed by atoms with E-state index in [9.17, 15) is 5.11 Å². The maximum absolute atomic E-state index is 10.3. The van der Waals surface area contributed by atoms with Gasteiger partial charge in [-0.1, -0.05) is 177 Å². The summed E-state index contributed by atoms with van der Waals surface area (Å²) >= 11 is 0.768. The number of aryl methyl sites for hydroxylation is 11. The van der Waals surface area contributed by atoms with Gasteiger partial charge in [0.2, 0.25) is 0 Å². The minimum absolute atomic E-state index is 0. The van der Waals surface area contributed by atoms with Gasteiger partial charge in [-0.3, -0.25) is 0 Å². The quantitative estimate of drug-likeness (QED) is 0.0210. The van der Waals surface area contributed by atoms with E-state index >= 15 is 0 Å². The van der Waals surface area contributed by atoms with Crippen LogP contribution in [0.5, 0.6) is 23.0 Å². The van der Waals surface area contributed by atoms with Gasteiger partial charge in [0, 0.05) is 19.6 Å². The van der Waals surface area contributed by atoms with Crippen LogP contribution >= 0.6 is 12.3 Å². The molecule has 3 aromatic heterocycles. The second-order valence-electron chi connectivity index (χ2n) is 41.9. The molecule has 6 aromatic carbocycles. The summed E-state index contributed by atoms with van der Waals surface area (Å²) < 4.78 is 29.5. The molecule has 0 spiro atoms. The Morgan fingerprint density at radius 3 is 0.985 bits per heavy atom. The van der Waals surface area contributed by atoms with Gasteiger partial charge < -0.3 is 38.2 Å². The van der Waals surface area contributed by atoms with Crippen LogP contribution in [0, 0.1) is 92.7 Å². The molecule has 3 heterocycles. The van der Waals surface area contributed by atoms with Crippen LogP contribution in [0.4, 0.5) is 0 Å². The molecule has 9 aromatic rings. The van der Waals surface area contributed by atoms with Crippen molar-refractivity contribution in [2.75, 3.05) is 6.54 Å². The Hall–Kier alpha value is -7.87. The van der Waals surface area contributed by atoms with Gasteiger partial charge >= 0.3 is 0 Å². The van der Waals surface area contributed by atoms with Crippen molar-refractivity contribution in [3.8, 4) is 23.0 Å². The standard InChI is InChI=1S/C31H39N3O.C29H39NO.C24H34N4O3S.C24H33N3O.5CH4/c1-3-23-17-28-24(18-30(23)35-19-22-7-5-4-6-8-22)9-11-27-26(28)13-15-31(2)25(10-12-29(27)31)14-16-34-20-32-33-21-34;1-3-21-17-26-22(18-28(21)31-19-20-7-5-4-6-8-20)9-11-25-24(26)13-15-29(2)23(14-16-30)10-12-27(25)29;1-3-16-12-21-17(13-23(16)29-32-31-30-25)4-6-20-19(21)8-10-24(2)18(5-7-22(20)24)9-11-28-14-26-27-15-28;1-3-16-12-21-17(13-23(16)28)4-6-20-19(21)8-10-24(2)18(5-7-22(20)24)9-11-27-14-25-26-15-27;;;;;/h4-8,17-18,20-21,25-27,29H,3,9-16,19H2,1-2H3;4-8,17-18,23-25,27H,3,9-16,19,30H2,1-2H3;12-15,18-20,22H,3-11,25H2,1-2H3;12-15,18-20,22,28H,3-11H2,1-2H3;5*1H4/t25-,26?,27?,29?,31-;23-,24?,25?,27?,29-;2*18-,19?,20?,22?,24-;;;;;/m1111...../s1. The van der Waals surface area contributed by atoms with E-state index in [0.29, 0.717) is 52.5 Å². The third-order valence-electron chi connectivity index (χ3n) is 36.7. The Labute approximate surface area is 793 Å². The molecule has 0 aliphatic heterocycles. The van der Waals surface area contributed by atoms with Crippen LogP contribution in [0.1, 0.15) is 348 Å². The molecule has 12 aliphatic rings. The monoisotopic (exact) mass is 1800 g/mol. The minimum Gasteiger partial charge on any atom is -0.508 e. The summed E-state index contributed by atoms with van der Waals surface area (Å²) in [5.74, 6) is 21.5. The number of ether oxygens (including phenoxy) is 2. The van der Waals surface area contributed by atoms with Crippen molar-refractivity contribution in [3.63, 3.8) is 0 Å². The SMILES string of the molecule is C.C.C.C.C.CCc1cc2c(cc1O)CCC1C2CC[C@@]2(C)C1CC[C@@H]2CCn1cnnc1.CCc1cc2c(cc1OCc1ccccc1)CCC1C2CC[C@@]2(C)C1CC[C@@H]2CCN.CCc1cc2c(cc1OCc1ccccc1)CCC1C2CC[C@@]2(C)C1CC[C@@H]2CCn1cnnc1.CCc1cc2c(cc1OSOON)CCC1C2CC[C@@]2(C)C1CC[C@@H]2CCn1cnnc1. The maximum Gasteiger partial charge on any atom is 0.260 e. The zero-order valence-corrected chi connectivity index (χ0v) is 77.9. The van der Waals surface area contributed by atoms with Crippen molar-refractivity contribution in [1.82, 2.24) is 44.3 Å². The van der Waals surface area contributed by atoms with Crippen molar-refractivity contribution in [2.24, 2.45) is 104 Å². The molecule has 8 fully saturated rings. The largest absolute Gasteiger partial charge is 0.508 e. The van der Waals surface area contributed by atoms with E-state index < -0.39 is 0 Å². The number of rotatable bonds is 25. The molecule has 714 valence electrons. The van der Waals surface area contributed by atoms with Crippen molar-refractivity contribution in [2.45, 2.75) is 355 Å². The van der Waals surface area contributed by atoms with Crippen molar-refractivity contribution in [1.29, 1.82) is 0 Å². The van der Waals surface area contributed by atoms with Gasteiger partial charge in [0.25, 0.3) is 12.3 Å². The van der Waals surface area contributed by atoms with Crippen LogP contribution in [0.2, 0.25) is 0 Å². The average Bonchev–Trinajstić information content (AvgIpc) is 1.22. The molecule has 0 radical (unpaired) electrons. The Balaban J connectivity index is 0.000000147. The fourth-order valence-corrected chi connectivity index (χ4v) is 30.3. The van der Waals surface area contributed by atoms with Crippen LogP contribution in [0.25, 0.3) is 0 Å². The summed E-state index contributed by atoms with van der Waals surface area (Å²) in [6.45, 7) is 24.6. The van der Waals surface area contributed by atoms with E-state index in [1.54, 1.807) is 33.4 Å². The summed E-state index contributed by atoms with van der Waals surface area (Å²) in [5, 5.41) is 34.1. The first-order valence-electron chi connectivity index (χ1n) is 49.7. The molecule has 21 rings (SSSR count). The predicted molar refractivity (Wildman–Crippen MR) is 535 cm³/mol. The van der Waals surface area contributed by atoms with E-state index in [1.165, 1.54) is 206 Å². The lowest BCUT2D eigenvalue weighted by Crippen LogP contribution is -2.42. The van der Waals surface area contributed by atoms with E-state index in [1.807, 2.05) is 38.0 Å². The zero-order chi connectivity index (χ0) is 86.7. The second kappa shape index (κ2) is 44.3. The van der Waals surface area contributed by atoms with Crippen molar-refractivity contribution >= 4 is 12.3 Å². The van der Waals surface area contributed by atoms with Gasteiger partial charge in [-0.25, -0.2) is 0 Å². The summed E-state index contributed by atoms with van der Waals surface area (Å²) in [7, 11) is 0. The fraction of sp³-hybridized carbons (Fsp3) is 0.628. The zero-order valence-electron chi connectivity index (χ0n) is 77.0. The first kappa shape index (κ1) is 101. The molecule has 0 bridgehead atoms. The Morgan fingerprint density at radius 2 is 0.672 bits per heavy atom. The van der Waals surface area contributed by atoms with Gasteiger partial charge in [0.05, 0.1) is 0 Å². The number of aromatic hydroxyl groups is 1. The second-order valence-corrected chi connectivity index (χ2v) is 42.4. The molecule has 0 amide bonds. The van der Waals surface area contributed by atoms with E-state index in [0.717, 1.165) is 183 Å². The molecule has 5 N–H and O–H groups in total. The smallest absolute Gasteiger partial charge is 0.260 e. The number of benzene rings is 6. The molecule has 131 heavy (non-hydrogen) atoms. The number of nitrogens with zero attached hydrogens (tertiary/aromatic N) is 9. The first-order valence-corrected chi connectivity index (χ1v) is 50.4. The number of hydrogen-bond donors (Lipinski definition) is 3. The lowest BCUT2D eigenvalue weighted by Gasteiger charge is -2.51. The molecule has 17 nitrogen and oxygen atoms in total.